The molecular formula is C14H20N2O2. The Morgan fingerprint density at radius 3 is 3.00 bits per heavy atom. The molecule has 0 spiro atoms. The summed E-state index contributed by atoms with van der Waals surface area (Å²) in [5, 5.41) is 3.14. The quantitative estimate of drug-likeness (QED) is 0.881. The van der Waals surface area contributed by atoms with Gasteiger partial charge in [0.15, 0.2) is 0 Å². The van der Waals surface area contributed by atoms with Gasteiger partial charge in [0.1, 0.15) is 5.75 Å². The zero-order valence-electron chi connectivity index (χ0n) is 11.0. The highest BCUT2D eigenvalue weighted by Gasteiger charge is 2.24. The third-order valence-corrected chi connectivity index (χ3v) is 3.08. The van der Waals surface area contributed by atoms with Gasteiger partial charge >= 0.3 is 0 Å². The molecule has 2 rings (SSSR count). The van der Waals surface area contributed by atoms with E-state index < -0.39 is 0 Å². The highest BCUT2D eigenvalue weighted by molar-refractivity contribution is 5.95. The molecule has 1 aliphatic heterocycles. The van der Waals surface area contributed by atoms with Gasteiger partial charge < -0.3 is 15.0 Å². The Hall–Kier alpha value is -1.55. The molecule has 0 aliphatic carbocycles. The fourth-order valence-corrected chi connectivity index (χ4v) is 2.24. The summed E-state index contributed by atoms with van der Waals surface area (Å²) in [5.74, 6) is 1.35. The summed E-state index contributed by atoms with van der Waals surface area (Å²) >= 11 is 0. The van der Waals surface area contributed by atoms with Crippen molar-refractivity contribution in [1.82, 2.24) is 5.32 Å². The number of benzene rings is 1. The maximum absolute atomic E-state index is 12.1. The number of para-hydroxylation sites is 2. The minimum Gasteiger partial charge on any atom is -0.491 e. The van der Waals surface area contributed by atoms with E-state index in [0.29, 0.717) is 18.9 Å². The van der Waals surface area contributed by atoms with Crippen LogP contribution in [0.15, 0.2) is 24.3 Å². The standard InChI is InChI=1S/C14H20N2O2/c1-11(9-15-2)10-16-12-5-3-4-6-13(12)18-8-7-14(16)17/h3-6,11,15H,7-10H2,1-2H3. The van der Waals surface area contributed by atoms with Gasteiger partial charge in [0, 0.05) is 6.54 Å². The van der Waals surface area contributed by atoms with Crippen LogP contribution in [0.1, 0.15) is 13.3 Å². The predicted octanol–water partition coefficient (Wildman–Crippen LogP) is 1.66. The van der Waals surface area contributed by atoms with Gasteiger partial charge in [-0.05, 0) is 31.6 Å². The minimum absolute atomic E-state index is 0.142. The number of ether oxygens (including phenoxy) is 1. The molecule has 1 atom stereocenters. The van der Waals surface area contributed by atoms with Gasteiger partial charge in [-0.15, -0.1) is 0 Å². The van der Waals surface area contributed by atoms with Crippen LogP contribution < -0.4 is 15.0 Å². The van der Waals surface area contributed by atoms with E-state index in [4.69, 9.17) is 4.74 Å². The van der Waals surface area contributed by atoms with E-state index in [9.17, 15) is 4.79 Å². The maximum Gasteiger partial charge on any atom is 0.230 e. The largest absolute Gasteiger partial charge is 0.491 e. The number of anilines is 1. The van der Waals surface area contributed by atoms with Crippen molar-refractivity contribution in [2.24, 2.45) is 5.92 Å². The lowest BCUT2D eigenvalue weighted by Gasteiger charge is -2.25. The lowest BCUT2D eigenvalue weighted by atomic mass is 10.1. The zero-order chi connectivity index (χ0) is 13.0. The third kappa shape index (κ3) is 2.82. The first kappa shape index (κ1) is 12.9. The second kappa shape index (κ2) is 5.87. The lowest BCUT2D eigenvalue weighted by Crippen LogP contribution is -2.36. The van der Waals surface area contributed by atoms with E-state index in [0.717, 1.165) is 24.5 Å². The molecule has 4 nitrogen and oxygen atoms in total. The summed E-state index contributed by atoms with van der Waals surface area (Å²) in [6, 6.07) is 7.74. The van der Waals surface area contributed by atoms with Gasteiger partial charge in [-0.25, -0.2) is 0 Å². The molecule has 0 bridgehead atoms. The molecule has 1 N–H and O–H groups in total. The van der Waals surface area contributed by atoms with Crippen molar-refractivity contribution < 1.29 is 9.53 Å². The molecule has 0 aromatic heterocycles. The van der Waals surface area contributed by atoms with E-state index in [1.165, 1.54) is 0 Å². The first-order valence-corrected chi connectivity index (χ1v) is 6.39. The summed E-state index contributed by atoms with van der Waals surface area (Å²) in [6.45, 7) is 4.22. The van der Waals surface area contributed by atoms with Crippen LogP contribution in [0.2, 0.25) is 0 Å². The van der Waals surface area contributed by atoms with Crippen LogP contribution in [0.3, 0.4) is 0 Å². The molecule has 1 aromatic rings. The van der Waals surface area contributed by atoms with Crippen LogP contribution in [0.5, 0.6) is 5.75 Å². The summed E-state index contributed by atoms with van der Waals surface area (Å²) in [6.07, 6.45) is 0.445. The average molecular weight is 248 g/mol. The molecule has 0 saturated carbocycles. The van der Waals surface area contributed by atoms with Gasteiger partial charge in [0.25, 0.3) is 0 Å². The van der Waals surface area contributed by atoms with Crippen LogP contribution >= 0.6 is 0 Å². The molecule has 0 fully saturated rings. The predicted molar refractivity (Wildman–Crippen MR) is 72.0 cm³/mol. The normalized spacial score (nSPS) is 16.8. The molecule has 1 unspecified atom stereocenters. The number of amides is 1. The van der Waals surface area contributed by atoms with Crippen LogP contribution in [0, 0.1) is 5.92 Å². The SMILES string of the molecule is CNCC(C)CN1C(=O)CCOc2ccccc21. The topological polar surface area (TPSA) is 41.6 Å². The molecular weight excluding hydrogens is 228 g/mol. The van der Waals surface area contributed by atoms with Gasteiger partial charge in [-0.1, -0.05) is 19.1 Å². The summed E-state index contributed by atoms with van der Waals surface area (Å²) in [5.41, 5.74) is 0.892. The number of fused-ring (bicyclic) bond motifs is 1. The Morgan fingerprint density at radius 2 is 2.22 bits per heavy atom. The Labute approximate surface area is 108 Å². The number of nitrogens with one attached hydrogen (secondary N) is 1. The summed E-state index contributed by atoms with van der Waals surface area (Å²) < 4.78 is 5.61. The molecule has 98 valence electrons. The molecule has 4 heteroatoms. The number of carbonyl (C=O) groups excluding carboxylic acids is 1. The Morgan fingerprint density at radius 1 is 1.44 bits per heavy atom. The fraction of sp³-hybridized carbons (Fsp3) is 0.500. The first-order chi connectivity index (χ1) is 8.72. The minimum atomic E-state index is 0.142. The molecule has 18 heavy (non-hydrogen) atoms. The van der Waals surface area contributed by atoms with E-state index in [1.54, 1.807) is 0 Å². The highest BCUT2D eigenvalue weighted by Crippen LogP contribution is 2.31. The number of hydrogen-bond acceptors (Lipinski definition) is 3. The van der Waals surface area contributed by atoms with Crippen molar-refractivity contribution in [1.29, 1.82) is 0 Å². The van der Waals surface area contributed by atoms with Crippen molar-refractivity contribution in [2.75, 3.05) is 31.6 Å². The number of nitrogens with zero attached hydrogens (tertiary/aromatic N) is 1. The van der Waals surface area contributed by atoms with Crippen LogP contribution in [-0.2, 0) is 4.79 Å². The van der Waals surface area contributed by atoms with Gasteiger partial charge in [0.2, 0.25) is 5.91 Å². The average Bonchev–Trinajstić information content (AvgIpc) is 2.51. The van der Waals surface area contributed by atoms with Crippen molar-refractivity contribution >= 4 is 11.6 Å². The second-order valence-electron chi connectivity index (χ2n) is 4.73. The second-order valence-corrected chi connectivity index (χ2v) is 4.73. The van der Waals surface area contributed by atoms with Crippen LogP contribution in [-0.4, -0.2) is 32.7 Å². The highest BCUT2D eigenvalue weighted by atomic mass is 16.5. The Balaban J connectivity index is 2.22. The maximum atomic E-state index is 12.1. The fourth-order valence-electron chi connectivity index (χ4n) is 2.24. The molecule has 1 amide bonds. The number of rotatable bonds is 4. The van der Waals surface area contributed by atoms with Crippen LogP contribution in [0.25, 0.3) is 0 Å². The summed E-state index contributed by atoms with van der Waals surface area (Å²) in [7, 11) is 1.93. The number of carbonyl (C=O) groups is 1. The van der Waals surface area contributed by atoms with E-state index in [2.05, 4.69) is 12.2 Å². The monoisotopic (exact) mass is 248 g/mol. The zero-order valence-corrected chi connectivity index (χ0v) is 11.0. The number of hydrogen-bond donors (Lipinski definition) is 1. The van der Waals surface area contributed by atoms with Gasteiger partial charge in [0.05, 0.1) is 18.7 Å². The lowest BCUT2D eigenvalue weighted by molar-refractivity contribution is -0.118. The summed E-state index contributed by atoms with van der Waals surface area (Å²) in [4.78, 5) is 14.0. The molecule has 0 saturated heterocycles. The van der Waals surface area contributed by atoms with E-state index in [-0.39, 0.29) is 5.91 Å². The Kier molecular flexibility index (Phi) is 4.20. The van der Waals surface area contributed by atoms with E-state index in [1.807, 2.05) is 36.2 Å². The van der Waals surface area contributed by atoms with Crippen molar-refractivity contribution in [2.45, 2.75) is 13.3 Å². The first-order valence-electron chi connectivity index (χ1n) is 6.39. The molecule has 0 radical (unpaired) electrons. The van der Waals surface area contributed by atoms with Gasteiger partial charge in [-0.3, -0.25) is 4.79 Å². The van der Waals surface area contributed by atoms with Crippen molar-refractivity contribution in [3.05, 3.63) is 24.3 Å². The Bertz CT molecular complexity index is 420. The van der Waals surface area contributed by atoms with Crippen LogP contribution in [0.4, 0.5) is 5.69 Å². The third-order valence-electron chi connectivity index (χ3n) is 3.08. The molecule has 1 aliphatic rings. The van der Waals surface area contributed by atoms with Crippen molar-refractivity contribution in [3.63, 3.8) is 0 Å². The molecule has 1 aromatic carbocycles. The van der Waals surface area contributed by atoms with Gasteiger partial charge in [-0.2, -0.15) is 0 Å². The molecule has 1 heterocycles. The smallest absolute Gasteiger partial charge is 0.230 e. The van der Waals surface area contributed by atoms with Crippen molar-refractivity contribution in [3.8, 4) is 5.75 Å². The van der Waals surface area contributed by atoms with E-state index >= 15 is 0 Å².